The van der Waals surface area contributed by atoms with E-state index < -0.39 is 0 Å². The summed E-state index contributed by atoms with van der Waals surface area (Å²) < 4.78 is 0. The lowest BCUT2D eigenvalue weighted by Crippen LogP contribution is -2.24. The van der Waals surface area contributed by atoms with E-state index in [0.717, 1.165) is 31.0 Å². The molecule has 0 fully saturated rings. The number of aromatic nitrogens is 2. The van der Waals surface area contributed by atoms with Gasteiger partial charge >= 0.3 is 0 Å². The van der Waals surface area contributed by atoms with Gasteiger partial charge in [-0.2, -0.15) is 0 Å². The number of rotatable bonds is 6. The molecule has 0 saturated carbocycles. The number of hydrogen-bond donors (Lipinski definition) is 1. The minimum Gasteiger partial charge on any atom is -0.358 e. The molecule has 0 amide bonds. The van der Waals surface area contributed by atoms with Crippen LogP contribution in [-0.4, -0.2) is 49.1 Å². The lowest BCUT2D eigenvalue weighted by Gasteiger charge is -2.19. The van der Waals surface area contributed by atoms with Crippen LogP contribution in [0, 0.1) is 0 Å². The van der Waals surface area contributed by atoms with Crippen molar-refractivity contribution in [1.29, 1.82) is 0 Å². The van der Waals surface area contributed by atoms with E-state index in [9.17, 15) is 0 Å². The highest BCUT2D eigenvalue weighted by atomic mass is 15.2. The van der Waals surface area contributed by atoms with Gasteiger partial charge in [0.25, 0.3) is 0 Å². The fraction of sp³-hybridized carbons (Fsp3) is 0.636. The van der Waals surface area contributed by atoms with Gasteiger partial charge in [0.2, 0.25) is 0 Å². The Morgan fingerprint density at radius 3 is 2.38 bits per heavy atom. The molecule has 1 aromatic rings. The summed E-state index contributed by atoms with van der Waals surface area (Å²) in [4.78, 5) is 12.8. The topological polar surface area (TPSA) is 58.3 Å². The first kappa shape index (κ1) is 12.9. The Labute approximate surface area is 97.3 Å². The molecule has 0 aliphatic heterocycles. The fourth-order valence-corrected chi connectivity index (χ4v) is 1.39. The van der Waals surface area contributed by atoms with Crippen LogP contribution in [0.5, 0.6) is 0 Å². The van der Waals surface area contributed by atoms with Crippen molar-refractivity contribution in [2.24, 2.45) is 5.73 Å². The van der Waals surface area contributed by atoms with Crippen LogP contribution in [0.4, 0.5) is 5.82 Å². The molecule has 2 N–H and O–H groups in total. The lowest BCUT2D eigenvalue weighted by atomic mass is 10.3. The first-order valence-electron chi connectivity index (χ1n) is 5.50. The van der Waals surface area contributed by atoms with Crippen LogP contribution >= 0.6 is 0 Å². The van der Waals surface area contributed by atoms with E-state index in [2.05, 4.69) is 33.9 Å². The highest BCUT2D eigenvalue weighted by Crippen LogP contribution is 2.06. The summed E-state index contributed by atoms with van der Waals surface area (Å²) in [6, 6.07) is 0. The van der Waals surface area contributed by atoms with Crippen molar-refractivity contribution in [3.63, 3.8) is 0 Å². The van der Waals surface area contributed by atoms with Crippen LogP contribution in [0.15, 0.2) is 12.4 Å². The Morgan fingerprint density at radius 2 is 1.88 bits per heavy atom. The summed E-state index contributed by atoms with van der Waals surface area (Å²) in [6.45, 7) is 2.51. The predicted octanol–water partition coefficient (Wildman–Crippen LogP) is 0.323. The minimum atomic E-state index is 0.442. The molecule has 0 aliphatic rings. The molecule has 0 spiro atoms. The van der Waals surface area contributed by atoms with Crippen molar-refractivity contribution in [1.82, 2.24) is 14.9 Å². The Kier molecular flexibility index (Phi) is 5.14. The zero-order chi connectivity index (χ0) is 12.0. The zero-order valence-corrected chi connectivity index (χ0v) is 10.3. The summed E-state index contributed by atoms with van der Waals surface area (Å²) in [6.07, 6.45) is 4.62. The summed E-state index contributed by atoms with van der Waals surface area (Å²) in [5.41, 5.74) is 6.29. The molecule has 5 nitrogen and oxygen atoms in total. The molecule has 0 aliphatic carbocycles. The van der Waals surface area contributed by atoms with Crippen molar-refractivity contribution in [2.75, 3.05) is 39.1 Å². The van der Waals surface area contributed by atoms with E-state index in [1.165, 1.54) is 0 Å². The predicted molar refractivity (Wildman–Crippen MR) is 66.4 cm³/mol. The van der Waals surface area contributed by atoms with Crippen molar-refractivity contribution >= 4 is 5.82 Å². The number of anilines is 1. The maximum Gasteiger partial charge on any atom is 0.146 e. The second-order valence-corrected chi connectivity index (χ2v) is 4.15. The van der Waals surface area contributed by atoms with Gasteiger partial charge in [-0.3, -0.25) is 4.98 Å². The van der Waals surface area contributed by atoms with Crippen molar-refractivity contribution in [3.05, 3.63) is 18.1 Å². The van der Waals surface area contributed by atoms with Gasteiger partial charge in [-0.05, 0) is 27.1 Å². The van der Waals surface area contributed by atoms with Gasteiger partial charge < -0.3 is 15.5 Å². The molecule has 0 unspecified atom stereocenters. The van der Waals surface area contributed by atoms with Crippen LogP contribution in [-0.2, 0) is 6.54 Å². The standard InChI is InChI=1S/C11H21N5/c1-15(2)5-4-6-16(3)11-9-13-10(7-12)8-14-11/h8-9H,4-7,12H2,1-3H3. The highest BCUT2D eigenvalue weighted by molar-refractivity contribution is 5.34. The zero-order valence-electron chi connectivity index (χ0n) is 10.3. The molecule has 0 atom stereocenters. The molecular weight excluding hydrogens is 202 g/mol. The summed E-state index contributed by atoms with van der Waals surface area (Å²) >= 11 is 0. The average molecular weight is 223 g/mol. The van der Waals surface area contributed by atoms with Crippen LogP contribution in [0.2, 0.25) is 0 Å². The maximum atomic E-state index is 5.47. The normalized spacial score (nSPS) is 10.8. The van der Waals surface area contributed by atoms with Gasteiger partial charge in [0.05, 0.1) is 18.1 Å². The second kappa shape index (κ2) is 6.40. The van der Waals surface area contributed by atoms with E-state index >= 15 is 0 Å². The molecule has 0 bridgehead atoms. The van der Waals surface area contributed by atoms with Gasteiger partial charge in [0, 0.05) is 20.1 Å². The molecule has 0 aromatic carbocycles. The molecule has 5 heteroatoms. The molecule has 1 rings (SSSR count). The third-order valence-electron chi connectivity index (χ3n) is 2.39. The van der Waals surface area contributed by atoms with Gasteiger partial charge in [-0.15, -0.1) is 0 Å². The number of nitrogens with zero attached hydrogens (tertiary/aromatic N) is 4. The minimum absolute atomic E-state index is 0.442. The van der Waals surface area contributed by atoms with Crippen molar-refractivity contribution < 1.29 is 0 Å². The third-order valence-corrected chi connectivity index (χ3v) is 2.39. The van der Waals surface area contributed by atoms with E-state index in [4.69, 9.17) is 5.73 Å². The molecule has 1 aromatic heterocycles. The van der Waals surface area contributed by atoms with Crippen molar-refractivity contribution in [3.8, 4) is 0 Å². The first-order chi connectivity index (χ1) is 7.63. The third kappa shape index (κ3) is 4.12. The molecule has 0 radical (unpaired) electrons. The number of hydrogen-bond acceptors (Lipinski definition) is 5. The number of nitrogens with two attached hydrogens (primary N) is 1. The highest BCUT2D eigenvalue weighted by Gasteiger charge is 2.02. The average Bonchev–Trinajstić information content (AvgIpc) is 2.28. The molecule has 0 saturated heterocycles. The smallest absolute Gasteiger partial charge is 0.146 e. The monoisotopic (exact) mass is 223 g/mol. The Bertz CT molecular complexity index is 296. The van der Waals surface area contributed by atoms with Crippen LogP contribution in [0.1, 0.15) is 12.1 Å². The van der Waals surface area contributed by atoms with Gasteiger partial charge in [-0.25, -0.2) is 4.98 Å². The second-order valence-electron chi connectivity index (χ2n) is 4.15. The van der Waals surface area contributed by atoms with Crippen LogP contribution < -0.4 is 10.6 Å². The summed E-state index contributed by atoms with van der Waals surface area (Å²) in [7, 11) is 6.19. The molecule has 1 heterocycles. The fourth-order valence-electron chi connectivity index (χ4n) is 1.39. The molecular formula is C11H21N5. The van der Waals surface area contributed by atoms with Gasteiger partial charge in [0.15, 0.2) is 0 Å². The van der Waals surface area contributed by atoms with Gasteiger partial charge in [-0.1, -0.05) is 0 Å². The summed E-state index contributed by atoms with van der Waals surface area (Å²) in [5.74, 6) is 0.899. The Hall–Kier alpha value is -1.20. The largest absolute Gasteiger partial charge is 0.358 e. The van der Waals surface area contributed by atoms with E-state index in [0.29, 0.717) is 6.54 Å². The maximum absolute atomic E-state index is 5.47. The van der Waals surface area contributed by atoms with Crippen LogP contribution in [0.3, 0.4) is 0 Å². The van der Waals surface area contributed by atoms with E-state index in [1.54, 1.807) is 12.4 Å². The first-order valence-corrected chi connectivity index (χ1v) is 5.50. The van der Waals surface area contributed by atoms with Gasteiger partial charge in [0.1, 0.15) is 5.82 Å². The molecule has 90 valence electrons. The lowest BCUT2D eigenvalue weighted by molar-refractivity contribution is 0.401. The summed E-state index contributed by atoms with van der Waals surface area (Å²) in [5, 5.41) is 0. The quantitative estimate of drug-likeness (QED) is 0.753. The Morgan fingerprint density at radius 1 is 1.12 bits per heavy atom. The SMILES string of the molecule is CN(C)CCCN(C)c1cnc(CN)cn1. The molecule has 16 heavy (non-hydrogen) atoms. The Balaban J connectivity index is 2.43. The van der Waals surface area contributed by atoms with Crippen molar-refractivity contribution in [2.45, 2.75) is 13.0 Å². The van der Waals surface area contributed by atoms with E-state index in [-0.39, 0.29) is 0 Å². The van der Waals surface area contributed by atoms with Crippen LogP contribution in [0.25, 0.3) is 0 Å². The van der Waals surface area contributed by atoms with E-state index in [1.807, 2.05) is 7.05 Å².